The predicted molar refractivity (Wildman–Crippen MR) is 105 cm³/mol. The molecule has 1 aromatic carbocycles. The maximum Gasteiger partial charge on any atom is 0.211 e. The van der Waals surface area contributed by atoms with Gasteiger partial charge in [0.1, 0.15) is 0 Å². The van der Waals surface area contributed by atoms with E-state index in [2.05, 4.69) is 27.1 Å². The Bertz CT molecular complexity index is 883. The normalized spacial score (nSPS) is 14.8. The Morgan fingerprint density at radius 3 is 2.50 bits per heavy atom. The van der Waals surface area contributed by atoms with Gasteiger partial charge in [0, 0.05) is 17.0 Å². The molecule has 1 saturated carbocycles. The van der Waals surface area contributed by atoms with Gasteiger partial charge in [-0.25, -0.2) is 4.68 Å². The molecule has 0 aliphatic heterocycles. The Labute approximate surface area is 154 Å². The molecule has 1 heterocycles. The van der Waals surface area contributed by atoms with Crippen LogP contribution in [0.25, 0.3) is 5.69 Å². The Morgan fingerprint density at radius 1 is 1.15 bits per heavy atom. The van der Waals surface area contributed by atoms with E-state index >= 15 is 0 Å². The summed E-state index contributed by atoms with van der Waals surface area (Å²) < 4.78 is 1.87. The van der Waals surface area contributed by atoms with E-state index in [1.165, 1.54) is 25.7 Å². The number of rotatable bonds is 3. The van der Waals surface area contributed by atoms with Gasteiger partial charge in [-0.15, -0.1) is 5.10 Å². The summed E-state index contributed by atoms with van der Waals surface area (Å²) in [6, 6.07) is 8.15. The summed E-state index contributed by atoms with van der Waals surface area (Å²) in [5.74, 6) is 7.18. The third-order valence-electron chi connectivity index (χ3n) is 4.60. The van der Waals surface area contributed by atoms with Crippen LogP contribution < -0.4 is 11.5 Å². The second-order valence-corrected chi connectivity index (χ2v) is 6.56. The lowest BCUT2D eigenvalue weighted by atomic mass is 10.1. The first-order valence-corrected chi connectivity index (χ1v) is 8.85. The highest BCUT2D eigenvalue weighted by Crippen LogP contribution is 2.23. The summed E-state index contributed by atoms with van der Waals surface area (Å²) in [5, 5.41) is 12.2. The molecule has 3 rings (SSSR count). The third-order valence-corrected chi connectivity index (χ3v) is 4.60. The first kappa shape index (κ1) is 17.7. The lowest BCUT2D eigenvalue weighted by Gasteiger charge is -2.05. The quantitative estimate of drug-likeness (QED) is 0.386. The van der Waals surface area contributed by atoms with Crippen LogP contribution in [0.1, 0.15) is 49.4 Å². The van der Waals surface area contributed by atoms with E-state index in [0.717, 1.165) is 22.5 Å². The van der Waals surface area contributed by atoms with E-state index in [-0.39, 0.29) is 5.96 Å². The average molecular weight is 348 g/mol. The molecule has 0 spiro atoms. The zero-order valence-electron chi connectivity index (χ0n) is 15.2. The highest BCUT2D eigenvalue weighted by atomic mass is 15.3. The second-order valence-electron chi connectivity index (χ2n) is 6.56. The Hall–Kier alpha value is -3.07. The molecule has 1 aliphatic rings. The van der Waals surface area contributed by atoms with Crippen molar-refractivity contribution in [2.75, 3.05) is 0 Å². The van der Waals surface area contributed by atoms with Gasteiger partial charge in [-0.2, -0.15) is 10.2 Å². The van der Waals surface area contributed by atoms with Crippen molar-refractivity contribution in [1.82, 2.24) is 9.78 Å². The molecule has 1 fully saturated rings. The summed E-state index contributed by atoms with van der Waals surface area (Å²) in [4.78, 5) is 0. The molecule has 1 aromatic heterocycles. The first-order valence-electron chi connectivity index (χ1n) is 8.85. The lowest BCUT2D eigenvalue weighted by Crippen LogP contribution is -2.22. The molecule has 6 heteroatoms. The predicted octanol–water partition coefficient (Wildman–Crippen LogP) is 2.72. The Morgan fingerprint density at radius 2 is 1.85 bits per heavy atom. The summed E-state index contributed by atoms with van der Waals surface area (Å²) >= 11 is 0. The number of nitrogens with two attached hydrogens (primary N) is 2. The van der Waals surface area contributed by atoms with E-state index < -0.39 is 0 Å². The van der Waals surface area contributed by atoms with Gasteiger partial charge in [0.2, 0.25) is 5.96 Å². The summed E-state index contributed by atoms with van der Waals surface area (Å²) in [6.07, 6.45) is 6.86. The van der Waals surface area contributed by atoms with Crippen molar-refractivity contribution in [2.24, 2.45) is 27.6 Å². The van der Waals surface area contributed by atoms with Crippen molar-refractivity contribution in [3.63, 3.8) is 0 Å². The van der Waals surface area contributed by atoms with E-state index in [9.17, 15) is 0 Å². The molecule has 134 valence electrons. The molecular formula is C20H24N6. The summed E-state index contributed by atoms with van der Waals surface area (Å²) in [5.41, 5.74) is 15.2. The molecular weight excluding hydrogens is 324 g/mol. The fourth-order valence-electron chi connectivity index (χ4n) is 3.15. The smallest absolute Gasteiger partial charge is 0.211 e. The van der Waals surface area contributed by atoms with Crippen LogP contribution in [0.4, 0.5) is 0 Å². The van der Waals surface area contributed by atoms with Gasteiger partial charge >= 0.3 is 0 Å². The molecule has 2 aromatic rings. The highest BCUT2D eigenvalue weighted by Gasteiger charge is 2.12. The van der Waals surface area contributed by atoms with Gasteiger partial charge in [-0.3, -0.25) is 0 Å². The maximum atomic E-state index is 5.32. The number of aromatic nitrogens is 2. The molecule has 1 aliphatic carbocycles. The van der Waals surface area contributed by atoms with Crippen LogP contribution in [0.5, 0.6) is 0 Å². The minimum atomic E-state index is -0.0660. The fraction of sp³-hybridized carbons (Fsp3) is 0.350. The van der Waals surface area contributed by atoms with Crippen LogP contribution in [0.3, 0.4) is 0 Å². The van der Waals surface area contributed by atoms with Crippen LogP contribution in [-0.2, 0) is 0 Å². The lowest BCUT2D eigenvalue weighted by molar-refractivity contribution is 0.712. The molecule has 0 amide bonds. The van der Waals surface area contributed by atoms with Crippen molar-refractivity contribution in [3.8, 4) is 17.5 Å². The van der Waals surface area contributed by atoms with Gasteiger partial charge in [-0.05, 0) is 51.0 Å². The first-order chi connectivity index (χ1) is 12.5. The maximum absolute atomic E-state index is 5.32. The standard InChI is InChI=1S/C20H24N6/c1-14(24-25-20(21)22)19-13-23-26(15(19)2)18-11-9-17(10-12-18)8-7-16-5-3-4-6-16/h9-13,16H,3-6H2,1-2H3,(H4,21,22,25)/b24-14+. The van der Waals surface area contributed by atoms with Crippen molar-refractivity contribution < 1.29 is 0 Å². The van der Waals surface area contributed by atoms with Gasteiger partial charge in [-0.1, -0.05) is 24.7 Å². The van der Waals surface area contributed by atoms with Gasteiger partial charge in [0.25, 0.3) is 0 Å². The zero-order chi connectivity index (χ0) is 18.5. The van der Waals surface area contributed by atoms with Crippen molar-refractivity contribution in [1.29, 1.82) is 0 Å². The van der Waals surface area contributed by atoms with E-state index in [1.54, 1.807) is 6.20 Å². The topological polar surface area (TPSA) is 94.6 Å². The van der Waals surface area contributed by atoms with Crippen LogP contribution in [-0.4, -0.2) is 21.5 Å². The molecule has 0 unspecified atom stereocenters. The van der Waals surface area contributed by atoms with Crippen LogP contribution >= 0.6 is 0 Å². The van der Waals surface area contributed by atoms with Crippen LogP contribution in [0.15, 0.2) is 40.7 Å². The summed E-state index contributed by atoms with van der Waals surface area (Å²) in [7, 11) is 0. The summed E-state index contributed by atoms with van der Waals surface area (Å²) in [6.45, 7) is 3.84. The monoisotopic (exact) mass is 348 g/mol. The number of nitrogens with zero attached hydrogens (tertiary/aromatic N) is 4. The average Bonchev–Trinajstić information content (AvgIpc) is 3.28. The Kier molecular flexibility index (Phi) is 5.37. The van der Waals surface area contributed by atoms with Crippen molar-refractivity contribution in [3.05, 3.63) is 47.3 Å². The van der Waals surface area contributed by atoms with Gasteiger partial charge < -0.3 is 11.5 Å². The second kappa shape index (κ2) is 7.87. The van der Waals surface area contributed by atoms with Gasteiger partial charge in [0.15, 0.2) is 0 Å². The molecule has 0 atom stereocenters. The number of benzene rings is 1. The SMILES string of the molecule is C/C(=N\N=C(N)N)c1cnn(-c2ccc(C#CC3CCCC3)cc2)c1C. The highest BCUT2D eigenvalue weighted by molar-refractivity contribution is 5.99. The fourth-order valence-corrected chi connectivity index (χ4v) is 3.15. The van der Waals surface area contributed by atoms with E-state index in [1.807, 2.05) is 42.8 Å². The molecule has 0 radical (unpaired) electrons. The van der Waals surface area contributed by atoms with E-state index in [0.29, 0.717) is 11.6 Å². The van der Waals surface area contributed by atoms with E-state index in [4.69, 9.17) is 11.5 Å². The molecule has 4 N–H and O–H groups in total. The largest absolute Gasteiger partial charge is 0.369 e. The minimum absolute atomic E-state index is 0.0660. The van der Waals surface area contributed by atoms with Crippen LogP contribution in [0.2, 0.25) is 0 Å². The van der Waals surface area contributed by atoms with Crippen molar-refractivity contribution in [2.45, 2.75) is 39.5 Å². The van der Waals surface area contributed by atoms with Crippen LogP contribution in [0, 0.1) is 24.7 Å². The molecule has 0 saturated heterocycles. The van der Waals surface area contributed by atoms with Gasteiger partial charge in [0.05, 0.1) is 23.3 Å². The zero-order valence-corrected chi connectivity index (χ0v) is 15.2. The molecule has 6 nitrogen and oxygen atoms in total. The third kappa shape index (κ3) is 4.12. The Balaban J connectivity index is 1.79. The van der Waals surface area contributed by atoms with Crippen molar-refractivity contribution >= 4 is 11.7 Å². The number of hydrogen-bond acceptors (Lipinski definition) is 3. The number of hydrogen-bond donors (Lipinski definition) is 2. The molecule has 26 heavy (non-hydrogen) atoms. The number of guanidine groups is 1. The molecule has 0 bridgehead atoms. The minimum Gasteiger partial charge on any atom is -0.369 e.